The number of phenolic OH excluding ortho intramolecular Hbond substituents is 1. The molecule has 3 heterocycles. The van der Waals surface area contributed by atoms with Gasteiger partial charge in [0, 0.05) is 38.3 Å². The molecule has 0 bridgehead atoms. The molecule has 15 atom stereocenters. The summed E-state index contributed by atoms with van der Waals surface area (Å²) in [7, 11) is 0. The van der Waals surface area contributed by atoms with Crippen LogP contribution in [-0.2, 0) is 60.6 Å². The summed E-state index contributed by atoms with van der Waals surface area (Å²) in [5.41, 5.74) is 8.84. The van der Waals surface area contributed by atoms with Crippen molar-refractivity contribution in [3.05, 3.63) is 83.4 Å². The van der Waals surface area contributed by atoms with Gasteiger partial charge in [-0.15, -0.1) is 0 Å². The maximum Gasteiger partial charge on any atom is 0.261 e. The number of aryl methyl sites for hydroxylation is 2. The van der Waals surface area contributed by atoms with E-state index in [2.05, 4.69) is 55.0 Å². The molecule has 30 heteroatoms. The quantitative estimate of drug-likeness (QED) is 0.0234. The number of phenols is 1. The number of hydrogen-bond donors (Lipinski definition) is 16. The molecule has 0 radical (unpaired) electrons. The zero-order chi connectivity index (χ0) is 62.4. The second-order valence-electron chi connectivity index (χ2n) is 21.4. The third kappa shape index (κ3) is 17.5. The number of benzene rings is 3. The van der Waals surface area contributed by atoms with E-state index >= 15 is 0 Å². The Kier molecular flexibility index (Phi) is 24.3. The van der Waals surface area contributed by atoms with Crippen molar-refractivity contribution in [2.45, 2.75) is 164 Å². The minimum absolute atomic E-state index is 0.0295. The molecule has 29 nitrogen and oxygen atoms in total. The standard InChI is InChI=1S/C55H74N8O21S/c1-4-5-6-7-28-8-13-30(14-9-28)31-15-10-29(11-16-31)12-19-41(70)57-34-22-38(68)51(76)61-53(78)45-46(71)26(2)24-63(45)55(80)43(37(67)23-40(56)69)59-52(77)44(48(73)47(72)32-17-18-36(66)39(20-32)82-85-84-83-81)60-50(75)35-21-33(65)25-62(35)54(79)42(27(3)64)58-49(34)74/h8-11,13-18,20,26-27,33-35,37-38,42-48,51,64-68,71-73,76,81H,4-7,12,19,21-25H2,1-3H3,(H2,56,69)(H,57,70)(H,58,74)(H,59,77)(H,60,75)(H,61,78)/t26?,27?,33?,34-,35?,37?,38?,42?,43?,44?,45?,46?,47?,48?,51?/m0/s1. The molecule has 3 fully saturated rings. The zero-order valence-electron chi connectivity index (χ0n) is 46.6. The number of hydrogen-bond acceptors (Lipinski definition) is 22. The Labute approximate surface area is 492 Å². The summed E-state index contributed by atoms with van der Waals surface area (Å²) in [5, 5.41) is 124. The number of aliphatic hydroxyl groups excluding tert-OH is 8. The maximum atomic E-state index is 14.7. The molecule has 3 saturated heterocycles. The van der Waals surface area contributed by atoms with Crippen molar-refractivity contribution >= 4 is 59.6 Å². The molecule has 6 rings (SSSR count). The molecule has 0 spiro atoms. The van der Waals surface area contributed by atoms with E-state index in [1.807, 2.05) is 36.4 Å². The average molecular weight is 1220 g/mol. The van der Waals surface area contributed by atoms with E-state index in [0.29, 0.717) is 9.80 Å². The van der Waals surface area contributed by atoms with E-state index in [4.69, 9.17) is 15.2 Å². The van der Waals surface area contributed by atoms with Crippen LogP contribution in [0.1, 0.15) is 88.5 Å². The number of nitrogens with two attached hydrogens (primary N) is 1. The number of carbonyl (C=O) groups is 8. The van der Waals surface area contributed by atoms with Crippen LogP contribution in [0, 0.1) is 5.92 Å². The van der Waals surface area contributed by atoms with Crippen molar-refractivity contribution in [3.8, 4) is 22.6 Å². The van der Waals surface area contributed by atoms with Gasteiger partial charge in [0.2, 0.25) is 47.3 Å². The van der Waals surface area contributed by atoms with Crippen LogP contribution in [-0.4, -0.2) is 200 Å². The molecule has 8 amide bonds. The van der Waals surface area contributed by atoms with E-state index < -0.39 is 182 Å². The van der Waals surface area contributed by atoms with Gasteiger partial charge in [0.25, 0.3) is 12.3 Å². The van der Waals surface area contributed by atoms with Gasteiger partial charge in [-0.2, -0.15) is 0 Å². The van der Waals surface area contributed by atoms with Crippen LogP contribution >= 0.6 is 12.3 Å². The molecule has 3 aromatic rings. The Balaban J connectivity index is 1.34. The molecular formula is C55H74N8O21S. The van der Waals surface area contributed by atoms with Gasteiger partial charge in [0.1, 0.15) is 54.6 Å². The number of amides is 8. The van der Waals surface area contributed by atoms with E-state index in [1.54, 1.807) is 0 Å². The van der Waals surface area contributed by atoms with Gasteiger partial charge in [-0.1, -0.05) is 90.7 Å². The van der Waals surface area contributed by atoms with Crippen molar-refractivity contribution in [1.29, 1.82) is 0 Å². The highest BCUT2D eigenvalue weighted by molar-refractivity contribution is 7.90. The molecule has 0 saturated carbocycles. The minimum atomic E-state index is -2.54. The lowest BCUT2D eigenvalue weighted by Crippen LogP contribution is -2.64. The number of nitrogens with zero attached hydrogens (tertiary/aromatic N) is 2. The second-order valence-corrected chi connectivity index (χ2v) is 21.9. The third-order valence-corrected chi connectivity index (χ3v) is 15.4. The Morgan fingerprint density at radius 1 is 0.753 bits per heavy atom. The first kappa shape index (κ1) is 67.1. The van der Waals surface area contributed by atoms with Gasteiger partial charge in [0.05, 0.1) is 30.8 Å². The Bertz CT molecular complexity index is 2820. The smallest absolute Gasteiger partial charge is 0.261 e. The average Bonchev–Trinajstić information content (AvgIpc) is 2.77. The van der Waals surface area contributed by atoms with Crippen LogP contribution in [0.3, 0.4) is 0 Å². The number of aromatic hydroxyl groups is 1. The highest BCUT2D eigenvalue weighted by Gasteiger charge is 2.51. The molecule has 14 unspecified atom stereocenters. The first-order valence-electron chi connectivity index (χ1n) is 27.5. The largest absolute Gasteiger partial charge is 0.504 e. The topological polar surface area (TPSA) is 459 Å². The van der Waals surface area contributed by atoms with Crippen LogP contribution in [0.2, 0.25) is 0 Å². The summed E-state index contributed by atoms with van der Waals surface area (Å²) in [5.74, 6) is -12.3. The molecule has 3 aromatic carbocycles. The monoisotopic (exact) mass is 1210 g/mol. The fourth-order valence-electron chi connectivity index (χ4n) is 10.3. The van der Waals surface area contributed by atoms with E-state index in [1.165, 1.54) is 12.5 Å². The van der Waals surface area contributed by atoms with Gasteiger partial charge in [-0.05, 0) is 66.1 Å². The Hall–Kier alpha value is -7.07. The maximum absolute atomic E-state index is 14.7. The summed E-state index contributed by atoms with van der Waals surface area (Å²) in [6, 6.07) is 5.88. The number of carbonyl (C=O) groups excluding carboxylic acids is 8. The molecule has 3 aliphatic rings. The molecule has 85 heavy (non-hydrogen) atoms. The highest BCUT2D eigenvalue weighted by Crippen LogP contribution is 2.34. The summed E-state index contributed by atoms with van der Waals surface area (Å²) in [4.78, 5) is 114. The predicted octanol–water partition coefficient (Wildman–Crippen LogP) is -2.89. The summed E-state index contributed by atoms with van der Waals surface area (Å²) >= 11 is -0.0295. The van der Waals surface area contributed by atoms with Gasteiger partial charge < -0.3 is 92.3 Å². The lowest BCUT2D eigenvalue weighted by atomic mass is 9.96. The fraction of sp³-hybridized carbons (Fsp3) is 0.527. The second kappa shape index (κ2) is 30.8. The number of aliphatic hydroxyl groups is 8. The van der Waals surface area contributed by atoms with Crippen LogP contribution < -0.4 is 36.5 Å². The van der Waals surface area contributed by atoms with Gasteiger partial charge in [0.15, 0.2) is 17.7 Å². The Morgan fingerprint density at radius 3 is 1.98 bits per heavy atom. The molecular weight excluding hydrogens is 1140 g/mol. The summed E-state index contributed by atoms with van der Waals surface area (Å²) < 4.78 is 9.17. The van der Waals surface area contributed by atoms with Gasteiger partial charge >= 0.3 is 0 Å². The highest BCUT2D eigenvalue weighted by atomic mass is 32.2. The lowest BCUT2D eigenvalue weighted by Gasteiger charge is -2.34. The van der Waals surface area contributed by atoms with Crippen LogP contribution in [0.15, 0.2) is 66.7 Å². The van der Waals surface area contributed by atoms with Crippen LogP contribution in [0.4, 0.5) is 0 Å². The number of rotatable bonds is 20. The predicted molar refractivity (Wildman–Crippen MR) is 296 cm³/mol. The fourth-order valence-corrected chi connectivity index (χ4v) is 10.5. The lowest BCUT2D eigenvalue weighted by molar-refractivity contribution is -0.433. The number of unbranched alkanes of at least 4 members (excludes halogenated alkanes) is 2. The molecule has 0 aliphatic carbocycles. The molecule has 0 aromatic heterocycles. The van der Waals surface area contributed by atoms with E-state index in [9.17, 15) is 84.3 Å². The number of nitrogens with one attached hydrogen (secondary N) is 5. The number of fused-ring (bicyclic) bond motifs is 2. The normalized spacial score (nSPS) is 27.0. The SMILES string of the molecule is CCCCCc1ccc(-c2ccc(CCC(=O)N[C@H]3CC(O)C(O)NC(=O)C4C(O)C(C)CN4C(=O)C(C(O)CC(N)=O)NC(=O)C(C(O)C(O)c4ccc(O)c(OSOOO)c4)NC(=O)C4CC(O)CN4C(=O)C(C(C)O)NC3=O)cc2)cc1. The molecule has 466 valence electrons. The van der Waals surface area contributed by atoms with Crippen LogP contribution in [0.5, 0.6) is 11.5 Å². The van der Waals surface area contributed by atoms with Crippen molar-refractivity contribution in [2.75, 3.05) is 13.1 Å². The first-order valence-corrected chi connectivity index (χ1v) is 28.2. The van der Waals surface area contributed by atoms with Gasteiger partial charge in [-0.3, -0.25) is 38.4 Å². The van der Waals surface area contributed by atoms with Crippen molar-refractivity contribution in [2.24, 2.45) is 11.7 Å². The van der Waals surface area contributed by atoms with Crippen LogP contribution in [0.25, 0.3) is 11.1 Å². The first-order chi connectivity index (χ1) is 40.3. The third-order valence-electron chi connectivity index (χ3n) is 15.0. The van der Waals surface area contributed by atoms with Crippen molar-refractivity contribution in [1.82, 2.24) is 36.4 Å². The van der Waals surface area contributed by atoms with Gasteiger partial charge in [-0.25, -0.2) is 5.26 Å². The zero-order valence-corrected chi connectivity index (χ0v) is 47.4. The molecule has 17 N–H and O–H groups in total. The molecule has 3 aliphatic heterocycles. The summed E-state index contributed by atoms with van der Waals surface area (Å²) in [6.07, 6.45) is -15.2. The van der Waals surface area contributed by atoms with E-state index in [-0.39, 0.29) is 30.7 Å². The Morgan fingerprint density at radius 2 is 1.36 bits per heavy atom. The number of primary amides is 1. The summed E-state index contributed by atoms with van der Waals surface area (Å²) in [6.45, 7) is 3.42. The van der Waals surface area contributed by atoms with Crippen molar-refractivity contribution in [3.63, 3.8) is 0 Å². The minimum Gasteiger partial charge on any atom is -0.504 e. The van der Waals surface area contributed by atoms with Crippen molar-refractivity contribution < 1.29 is 103 Å². The van der Waals surface area contributed by atoms with E-state index in [0.717, 1.165) is 67.5 Å².